The van der Waals surface area contributed by atoms with E-state index >= 15 is 0 Å². The number of carbonyl (C=O) groups is 4. The molecule has 118 valence electrons. The Kier molecular flexibility index (Phi) is 6.44. The minimum absolute atomic E-state index is 0.0619. The van der Waals surface area contributed by atoms with Gasteiger partial charge in [0.1, 0.15) is 6.04 Å². The van der Waals surface area contributed by atoms with Crippen LogP contribution in [0.25, 0.3) is 0 Å². The molecule has 0 aliphatic carbocycles. The Labute approximate surface area is 121 Å². The van der Waals surface area contributed by atoms with Gasteiger partial charge in [0, 0.05) is 26.1 Å². The number of carbonyl (C=O) groups excluding carboxylic acids is 2. The normalized spacial score (nSPS) is 15.3. The minimum atomic E-state index is -1.50. The Morgan fingerprint density at radius 1 is 1.10 bits per heavy atom. The van der Waals surface area contributed by atoms with E-state index in [0.717, 1.165) is 25.9 Å². The molecule has 0 aromatic carbocycles. The van der Waals surface area contributed by atoms with Gasteiger partial charge in [0.05, 0.1) is 6.42 Å². The maximum atomic E-state index is 11.7. The Hall–Kier alpha value is -2.32. The molecule has 1 rings (SSSR count). The van der Waals surface area contributed by atoms with Crippen LogP contribution in [0.3, 0.4) is 0 Å². The summed E-state index contributed by atoms with van der Waals surface area (Å²) in [5.41, 5.74) is 0. The summed E-state index contributed by atoms with van der Waals surface area (Å²) in [7, 11) is 0. The van der Waals surface area contributed by atoms with Crippen LogP contribution in [0.5, 0.6) is 0 Å². The maximum absolute atomic E-state index is 11.7. The van der Waals surface area contributed by atoms with Gasteiger partial charge in [-0.15, -0.1) is 0 Å². The summed E-state index contributed by atoms with van der Waals surface area (Å²) in [6, 6.07) is -2.31. The third-order valence-corrected chi connectivity index (χ3v) is 3.07. The first-order valence-electron chi connectivity index (χ1n) is 6.67. The van der Waals surface area contributed by atoms with Crippen molar-refractivity contribution in [1.29, 1.82) is 0 Å². The van der Waals surface area contributed by atoms with Gasteiger partial charge >= 0.3 is 18.0 Å². The first-order valence-corrected chi connectivity index (χ1v) is 6.67. The van der Waals surface area contributed by atoms with Crippen molar-refractivity contribution >= 4 is 23.9 Å². The summed E-state index contributed by atoms with van der Waals surface area (Å²) < 4.78 is 0. The standard InChI is InChI=1S/C12H19N3O6/c16-9(15-5-1-2-6-15)3-4-13-12(21)14-8(11(19)20)7-10(17)18/h8H,1-7H2,(H,17,18)(H,19,20)(H2,13,14,21). The average molecular weight is 301 g/mol. The van der Waals surface area contributed by atoms with Crippen LogP contribution in [0.15, 0.2) is 0 Å². The first kappa shape index (κ1) is 16.7. The number of carboxylic acids is 2. The van der Waals surface area contributed by atoms with Crippen molar-refractivity contribution < 1.29 is 29.4 Å². The van der Waals surface area contributed by atoms with Gasteiger partial charge in [-0.1, -0.05) is 0 Å². The molecule has 1 atom stereocenters. The summed E-state index contributed by atoms with van der Waals surface area (Å²) in [6.07, 6.45) is 1.38. The predicted molar refractivity (Wildman–Crippen MR) is 70.6 cm³/mol. The fourth-order valence-electron chi connectivity index (χ4n) is 1.99. The van der Waals surface area contributed by atoms with Crippen LogP contribution in [-0.2, 0) is 14.4 Å². The fraction of sp³-hybridized carbons (Fsp3) is 0.667. The van der Waals surface area contributed by atoms with E-state index in [1.807, 2.05) is 5.32 Å². The second kappa shape index (κ2) is 8.08. The highest BCUT2D eigenvalue weighted by Gasteiger charge is 2.23. The number of carboxylic acid groups (broad SMARTS) is 2. The van der Waals surface area contributed by atoms with Crippen molar-refractivity contribution in [2.75, 3.05) is 19.6 Å². The number of likely N-dealkylation sites (tertiary alicyclic amines) is 1. The van der Waals surface area contributed by atoms with E-state index in [-0.39, 0.29) is 18.9 Å². The number of nitrogens with zero attached hydrogens (tertiary/aromatic N) is 1. The van der Waals surface area contributed by atoms with E-state index < -0.39 is 30.4 Å². The molecule has 1 unspecified atom stereocenters. The van der Waals surface area contributed by atoms with Gasteiger partial charge in [-0.2, -0.15) is 0 Å². The lowest BCUT2D eigenvalue weighted by Gasteiger charge is -2.16. The third-order valence-electron chi connectivity index (χ3n) is 3.07. The summed E-state index contributed by atoms with van der Waals surface area (Å²) in [4.78, 5) is 46.1. The molecule has 21 heavy (non-hydrogen) atoms. The number of aliphatic carboxylic acids is 2. The number of amides is 3. The molecule has 9 nitrogen and oxygen atoms in total. The van der Waals surface area contributed by atoms with Crippen molar-refractivity contribution in [3.8, 4) is 0 Å². The molecule has 0 bridgehead atoms. The van der Waals surface area contributed by atoms with Crippen LogP contribution in [0.1, 0.15) is 25.7 Å². The topological polar surface area (TPSA) is 136 Å². The smallest absolute Gasteiger partial charge is 0.326 e. The van der Waals surface area contributed by atoms with E-state index in [2.05, 4.69) is 5.32 Å². The second-order valence-corrected chi connectivity index (χ2v) is 4.73. The van der Waals surface area contributed by atoms with E-state index in [0.29, 0.717) is 0 Å². The lowest BCUT2D eigenvalue weighted by atomic mass is 10.2. The highest BCUT2D eigenvalue weighted by molar-refractivity contribution is 5.86. The Morgan fingerprint density at radius 3 is 2.24 bits per heavy atom. The van der Waals surface area contributed by atoms with Crippen LogP contribution < -0.4 is 10.6 Å². The summed E-state index contributed by atoms with van der Waals surface area (Å²) >= 11 is 0. The molecular weight excluding hydrogens is 282 g/mol. The zero-order valence-corrected chi connectivity index (χ0v) is 11.5. The fourth-order valence-corrected chi connectivity index (χ4v) is 1.99. The van der Waals surface area contributed by atoms with E-state index in [1.54, 1.807) is 4.90 Å². The van der Waals surface area contributed by atoms with Gasteiger partial charge in [-0.05, 0) is 12.8 Å². The number of hydrogen-bond donors (Lipinski definition) is 4. The van der Waals surface area contributed by atoms with Gasteiger partial charge in [-0.3, -0.25) is 9.59 Å². The average Bonchev–Trinajstić information content (AvgIpc) is 2.91. The van der Waals surface area contributed by atoms with Crippen molar-refractivity contribution in [2.45, 2.75) is 31.7 Å². The molecule has 0 saturated carbocycles. The SMILES string of the molecule is O=C(O)CC(NC(=O)NCCC(=O)N1CCCC1)C(=O)O. The molecule has 0 aromatic heterocycles. The predicted octanol–water partition coefficient (Wildman–Crippen LogP) is -0.774. The molecule has 9 heteroatoms. The lowest BCUT2D eigenvalue weighted by molar-refractivity contribution is -0.145. The quantitative estimate of drug-likeness (QED) is 0.487. The van der Waals surface area contributed by atoms with Gasteiger partial charge in [0.25, 0.3) is 0 Å². The second-order valence-electron chi connectivity index (χ2n) is 4.73. The van der Waals surface area contributed by atoms with Gasteiger partial charge in [-0.25, -0.2) is 9.59 Å². The first-order chi connectivity index (χ1) is 9.90. The lowest BCUT2D eigenvalue weighted by Crippen LogP contribution is -2.47. The molecule has 0 spiro atoms. The number of urea groups is 1. The highest BCUT2D eigenvalue weighted by atomic mass is 16.4. The zero-order chi connectivity index (χ0) is 15.8. The third kappa shape index (κ3) is 6.11. The number of hydrogen-bond acceptors (Lipinski definition) is 4. The number of rotatable bonds is 7. The molecule has 0 radical (unpaired) electrons. The van der Waals surface area contributed by atoms with Crippen LogP contribution in [0.2, 0.25) is 0 Å². The molecule has 1 aliphatic rings. The van der Waals surface area contributed by atoms with Crippen molar-refractivity contribution in [3.05, 3.63) is 0 Å². The Morgan fingerprint density at radius 2 is 1.71 bits per heavy atom. The monoisotopic (exact) mass is 301 g/mol. The van der Waals surface area contributed by atoms with Crippen LogP contribution >= 0.6 is 0 Å². The molecule has 4 N–H and O–H groups in total. The molecule has 1 aliphatic heterocycles. The summed E-state index contributed by atoms with van der Waals surface area (Å²) in [5, 5.41) is 21.7. The van der Waals surface area contributed by atoms with Gasteiger partial charge < -0.3 is 25.7 Å². The van der Waals surface area contributed by atoms with Gasteiger partial charge in [0.15, 0.2) is 0 Å². The van der Waals surface area contributed by atoms with E-state index in [1.165, 1.54) is 0 Å². The molecule has 0 aromatic rings. The van der Waals surface area contributed by atoms with E-state index in [4.69, 9.17) is 10.2 Å². The van der Waals surface area contributed by atoms with Crippen molar-refractivity contribution in [3.63, 3.8) is 0 Å². The van der Waals surface area contributed by atoms with Crippen LogP contribution in [-0.4, -0.2) is 64.7 Å². The Bertz CT molecular complexity index is 419. The maximum Gasteiger partial charge on any atom is 0.326 e. The zero-order valence-electron chi connectivity index (χ0n) is 11.5. The Balaban J connectivity index is 2.27. The summed E-state index contributed by atoms with van der Waals surface area (Å²) in [5.74, 6) is -2.82. The largest absolute Gasteiger partial charge is 0.481 e. The molecule has 1 heterocycles. The highest BCUT2D eigenvalue weighted by Crippen LogP contribution is 2.08. The molecule has 1 saturated heterocycles. The van der Waals surface area contributed by atoms with Crippen LogP contribution in [0, 0.1) is 0 Å². The summed E-state index contributed by atoms with van der Waals surface area (Å²) in [6.45, 7) is 1.52. The van der Waals surface area contributed by atoms with E-state index in [9.17, 15) is 19.2 Å². The molecule has 3 amide bonds. The number of nitrogens with one attached hydrogen (secondary N) is 2. The van der Waals surface area contributed by atoms with Gasteiger partial charge in [0.2, 0.25) is 5.91 Å². The van der Waals surface area contributed by atoms with Crippen molar-refractivity contribution in [1.82, 2.24) is 15.5 Å². The minimum Gasteiger partial charge on any atom is -0.481 e. The molecule has 1 fully saturated rings. The van der Waals surface area contributed by atoms with Crippen molar-refractivity contribution in [2.24, 2.45) is 0 Å². The molecular formula is C12H19N3O6. The van der Waals surface area contributed by atoms with Crippen LogP contribution in [0.4, 0.5) is 4.79 Å².